The summed E-state index contributed by atoms with van der Waals surface area (Å²) < 4.78 is 0. The minimum Gasteiger partial charge on any atom is -0.480 e. The van der Waals surface area contributed by atoms with Gasteiger partial charge in [0.25, 0.3) is 0 Å². The van der Waals surface area contributed by atoms with E-state index in [4.69, 9.17) is 0 Å². The second-order valence-corrected chi connectivity index (χ2v) is 8.25. The van der Waals surface area contributed by atoms with Crippen LogP contribution in [0.3, 0.4) is 0 Å². The van der Waals surface area contributed by atoms with Crippen molar-refractivity contribution in [1.82, 2.24) is 10.3 Å². The Morgan fingerprint density at radius 2 is 1.56 bits per heavy atom. The van der Waals surface area contributed by atoms with E-state index >= 15 is 0 Å². The molecule has 4 rings (SSSR count). The number of nitrogens with one attached hydrogen (secondary N) is 2. The second kappa shape index (κ2) is 10.3. The summed E-state index contributed by atoms with van der Waals surface area (Å²) >= 11 is 0. The zero-order valence-corrected chi connectivity index (χ0v) is 18.4. The lowest BCUT2D eigenvalue weighted by Gasteiger charge is -2.22. The highest BCUT2D eigenvalue weighted by Crippen LogP contribution is 2.25. The largest absolute Gasteiger partial charge is 0.480 e. The number of aromatic amines is 1. The lowest BCUT2D eigenvalue weighted by molar-refractivity contribution is -0.142. The van der Waals surface area contributed by atoms with Crippen molar-refractivity contribution >= 4 is 22.8 Å². The molecule has 0 saturated heterocycles. The highest BCUT2D eigenvalue weighted by atomic mass is 16.5. The van der Waals surface area contributed by atoms with E-state index in [1.165, 1.54) is 0 Å². The Balaban J connectivity index is 1.61. The van der Waals surface area contributed by atoms with Crippen molar-refractivity contribution in [3.8, 4) is 0 Å². The summed E-state index contributed by atoms with van der Waals surface area (Å²) in [5.74, 6) is -2.29. The number of aromatic nitrogens is 1. The number of H-pyrrole nitrogens is 1. The molecule has 0 aliphatic heterocycles. The summed E-state index contributed by atoms with van der Waals surface area (Å²) in [5, 5.41) is 32.6. The number of rotatable bonds is 9. The van der Waals surface area contributed by atoms with Crippen molar-refractivity contribution in [3.05, 3.63) is 107 Å². The van der Waals surface area contributed by atoms with Gasteiger partial charge in [-0.15, -0.1) is 0 Å². The standard InChI is InChI=1S/C27H26N2O5/c30-25(29-24(27(33)34)15-20-16-28-23-12-5-4-11-21(20)23)22(13-17-7-2-1-3-8-17)18-9-6-10-19(14-18)26(31)32/h1-12,14,16,22,24,26,28,31-32H,13,15H2,(H,29,30)(H,33,34)/t22-,24-/m0/s1. The van der Waals surface area contributed by atoms with Gasteiger partial charge in [0.05, 0.1) is 5.92 Å². The molecule has 174 valence electrons. The Hall–Kier alpha value is -3.94. The van der Waals surface area contributed by atoms with E-state index in [0.29, 0.717) is 12.0 Å². The smallest absolute Gasteiger partial charge is 0.326 e. The van der Waals surface area contributed by atoms with Crippen LogP contribution < -0.4 is 5.32 Å². The van der Waals surface area contributed by atoms with E-state index in [9.17, 15) is 24.9 Å². The number of carbonyl (C=O) groups excluding carboxylic acids is 1. The van der Waals surface area contributed by atoms with E-state index in [0.717, 1.165) is 22.0 Å². The highest BCUT2D eigenvalue weighted by Gasteiger charge is 2.28. The molecular formula is C27H26N2O5. The fourth-order valence-corrected chi connectivity index (χ4v) is 4.14. The first kappa shape index (κ1) is 23.2. The number of carboxylic acid groups (broad SMARTS) is 1. The quantitative estimate of drug-likeness (QED) is 0.246. The molecule has 7 nitrogen and oxygen atoms in total. The Kier molecular flexibility index (Phi) is 7.06. The molecule has 1 amide bonds. The van der Waals surface area contributed by atoms with Crippen LogP contribution in [0.5, 0.6) is 0 Å². The molecule has 0 aliphatic rings. The molecular weight excluding hydrogens is 432 g/mol. The van der Waals surface area contributed by atoms with Crippen LogP contribution in [0.1, 0.15) is 34.5 Å². The van der Waals surface area contributed by atoms with Crippen LogP contribution in [0, 0.1) is 0 Å². The topological polar surface area (TPSA) is 123 Å². The number of amides is 1. The predicted octanol–water partition coefficient (Wildman–Crippen LogP) is 3.29. The van der Waals surface area contributed by atoms with Gasteiger partial charge in [-0.05, 0) is 35.2 Å². The van der Waals surface area contributed by atoms with Crippen molar-refractivity contribution in [1.29, 1.82) is 0 Å². The molecule has 7 heteroatoms. The van der Waals surface area contributed by atoms with Gasteiger partial charge in [0.2, 0.25) is 5.91 Å². The van der Waals surface area contributed by atoms with E-state index < -0.39 is 30.1 Å². The predicted molar refractivity (Wildman–Crippen MR) is 128 cm³/mol. The minimum atomic E-state index is -1.67. The fourth-order valence-electron chi connectivity index (χ4n) is 4.14. The molecule has 0 radical (unpaired) electrons. The van der Waals surface area contributed by atoms with Crippen LogP contribution in [0.4, 0.5) is 0 Å². The first-order valence-corrected chi connectivity index (χ1v) is 11.0. The molecule has 0 bridgehead atoms. The molecule has 2 atom stereocenters. The van der Waals surface area contributed by atoms with Crippen molar-refractivity contribution in [2.24, 2.45) is 0 Å². The van der Waals surface area contributed by atoms with Crippen LogP contribution >= 0.6 is 0 Å². The molecule has 0 saturated carbocycles. The van der Waals surface area contributed by atoms with Gasteiger partial charge in [-0.25, -0.2) is 4.79 Å². The Labute approximate surface area is 196 Å². The van der Waals surface area contributed by atoms with E-state index in [2.05, 4.69) is 10.3 Å². The lowest BCUT2D eigenvalue weighted by Crippen LogP contribution is -2.44. The number of fused-ring (bicyclic) bond motifs is 1. The molecule has 1 heterocycles. The molecule has 4 aromatic rings. The number of hydrogen-bond acceptors (Lipinski definition) is 4. The molecule has 34 heavy (non-hydrogen) atoms. The molecule has 0 unspecified atom stereocenters. The first-order chi connectivity index (χ1) is 16.4. The Morgan fingerprint density at radius 1 is 0.853 bits per heavy atom. The maximum atomic E-state index is 13.4. The van der Waals surface area contributed by atoms with Gasteiger partial charge in [0.15, 0.2) is 6.29 Å². The van der Waals surface area contributed by atoms with Gasteiger partial charge in [-0.1, -0.05) is 66.7 Å². The normalized spacial score (nSPS) is 13.0. The van der Waals surface area contributed by atoms with E-state index in [1.807, 2.05) is 54.6 Å². The number of aliphatic carboxylic acids is 1. The Morgan fingerprint density at radius 3 is 2.29 bits per heavy atom. The molecule has 3 aromatic carbocycles. The number of carbonyl (C=O) groups is 2. The van der Waals surface area contributed by atoms with Gasteiger partial charge in [0, 0.05) is 29.1 Å². The van der Waals surface area contributed by atoms with Gasteiger partial charge in [0.1, 0.15) is 6.04 Å². The number of hydrogen-bond donors (Lipinski definition) is 5. The van der Waals surface area contributed by atoms with Gasteiger partial charge in [-0.2, -0.15) is 0 Å². The summed E-state index contributed by atoms with van der Waals surface area (Å²) in [6, 6.07) is 22.4. The van der Waals surface area contributed by atoms with Crippen molar-refractivity contribution in [3.63, 3.8) is 0 Å². The average Bonchev–Trinajstić information content (AvgIpc) is 3.25. The third kappa shape index (κ3) is 5.33. The van der Waals surface area contributed by atoms with Crippen LogP contribution in [0.15, 0.2) is 85.1 Å². The van der Waals surface area contributed by atoms with Crippen molar-refractivity contribution < 1.29 is 24.9 Å². The maximum Gasteiger partial charge on any atom is 0.326 e. The van der Waals surface area contributed by atoms with Crippen LogP contribution in [0.25, 0.3) is 10.9 Å². The number of aliphatic hydroxyl groups is 2. The van der Waals surface area contributed by atoms with E-state index in [-0.39, 0.29) is 12.0 Å². The molecule has 0 fully saturated rings. The third-order valence-electron chi connectivity index (χ3n) is 5.92. The summed E-state index contributed by atoms with van der Waals surface area (Å²) in [6.07, 6.45) is 0.546. The van der Waals surface area contributed by atoms with Gasteiger partial charge < -0.3 is 25.6 Å². The highest BCUT2D eigenvalue weighted by molar-refractivity contribution is 5.89. The Bertz CT molecular complexity index is 1280. The first-order valence-electron chi connectivity index (χ1n) is 11.0. The summed E-state index contributed by atoms with van der Waals surface area (Å²) in [7, 11) is 0. The lowest BCUT2D eigenvalue weighted by atomic mass is 9.89. The zero-order chi connectivity index (χ0) is 24.1. The molecule has 5 N–H and O–H groups in total. The maximum absolute atomic E-state index is 13.4. The second-order valence-electron chi connectivity index (χ2n) is 8.25. The number of para-hydroxylation sites is 1. The van der Waals surface area contributed by atoms with Crippen LogP contribution in [0.2, 0.25) is 0 Å². The third-order valence-corrected chi connectivity index (χ3v) is 5.92. The molecule has 0 aliphatic carbocycles. The number of aliphatic hydroxyl groups excluding tert-OH is 1. The molecule has 1 aromatic heterocycles. The summed E-state index contributed by atoms with van der Waals surface area (Å²) in [5.41, 5.74) is 3.43. The van der Waals surface area contributed by atoms with Crippen molar-refractivity contribution in [2.45, 2.75) is 31.1 Å². The molecule has 0 spiro atoms. The average molecular weight is 459 g/mol. The number of carboxylic acids is 1. The van der Waals surface area contributed by atoms with E-state index in [1.54, 1.807) is 30.5 Å². The minimum absolute atomic E-state index is 0.124. The monoisotopic (exact) mass is 458 g/mol. The van der Waals surface area contributed by atoms with Crippen LogP contribution in [-0.4, -0.2) is 38.2 Å². The van der Waals surface area contributed by atoms with Crippen LogP contribution in [-0.2, 0) is 22.4 Å². The summed E-state index contributed by atoms with van der Waals surface area (Å²) in [6.45, 7) is 0. The van der Waals surface area contributed by atoms with Gasteiger partial charge >= 0.3 is 5.97 Å². The number of benzene rings is 3. The van der Waals surface area contributed by atoms with Crippen molar-refractivity contribution in [2.75, 3.05) is 0 Å². The SMILES string of the molecule is O=C(O)[C@H](Cc1c[nH]c2ccccc12)NC(=O)[C@@H](Cc1ccccc1)c1cccc(C(O)O)c1. The zero-order valence-electron chi connectivity index (χ0n) is 18.4. The summed E-state index contributed by atoms with van der Waals surface area (Å²) in [4.78, 5) is 28.6. The fraction of sp³-hybridized carbons (Fsp3) is 0.185. The van der Waals surface area contributed by atoms with Gasteiger partial charge in [-0.3, -0.25) is 4.79 Å².